The molecule has 2 rings (SSSR count). The third kappa shape index (κ3) is 5.01. The van der Waals surface area contributed by atoms with E-state index in [0.29, 0.717) is 4.47 Å². The van der Waals surface area contributed by atoms with Crippen LogP contribution in [0.2, 0.25) is 0 Å². The molecule has 0 saturated heterocycles. The average Bonchev–Trinajstić information content (AvgIpc) is 2.45. The lowest BCUT2D eigenvalue weighted by molar-refractivity contribution is -0.274. The van der Waals surface area contributed by atoms with E-state index in [0.717, 1.165) is 18.2 Å². The van der Waals surface area contributed by atoms with Crippen LogP contribution in [-0.2, 0) is 0 Å². The van der Waals surface area contributed by atoms with Crippen LogP contribution >= 0.6 is 15.9 Å². The van der Waals surface area contributed by atoms with E-state index in [1.165, 1.54) is 18.2 Å². The Balaban J connectivity index is 2.03. The average molecular weight is 409 g/mol. The lowest BCUT2D eigenvalue weighted by atomic mass is 10.3. The highest BCUT2D eigenvalue weighted by Crippen LogP contribution is 2.30. The number of hydrogen-bond donors (Lipinski definition) is 3. The van der Waals surface area contributed by atoms with Gasteiger partial charge in [0.1, 0.15) is 5.75 Å². The highest BCUT2D eigenvalue weighted by molar-refractivity contribution is 9.10. The molecule has 0 radical (unpaired) electrons. The largest absolute Gasteiger partial charge is 0.573 e. The number of phenolic OH excluding ortho intramolecular Hbond substituents is 1. The molecule has 128 valence electrons. The Labute approximate surface area is 141 Å². The lowest BCUT2D eigenvalue weighted by Crippen LogP contribution is -2.20. The van der Waals surface area contributed by atoms with E-state index in [1.807, 2.05) is 0 Å². The fourth-order valence-electron chi connectivity index (χ4n) is 1.69. The predicted molar refractivity (Wildman–Crippen MR) is 81.5 cm³/mol. The molecule has 0 aromatic heterocycles. The van der Waals surface area contributed by atoms with Crippen LogP contribution in [0.4, 0.5) is 33.7 Å². The van der Waals surface area contributed by atoms with Crippen molar-refractivity contribution in [2.75, 3.05) is 10.6 Å². The zero-order valence-electron chi connectivity index (χ0n) is 11.6. The van der Waals surface area contributed by atoms with Crippen molar-refractivity contribution in [1.82, 2.24) is 0 Å². The van der Waals surface area contributed by atoms with Crippen LogP contribution in [-0.4, -0.2) is 17.5 Å². The van der Waals surface area contributed by atoms with Crippen molar-refractivity contribution >= 4 is 33.3 Å². The number of nitrogens with one attached hydrogen (secondary N) is 2. The van der Waals surface area contributed by atoms with Gasteiger partial charge in [0.15, 0.2) is 11.6 Å². The molecule has 0 spiro atoms. The van der Waals surface area contributed by atoms with Gasteiger partial charge in [0.2, 0.25) is 0 Å². The fourth-order valence-corrected chi connectivity index (χ4v) is 2.12. The summed E-state index contributed by atoms with van der Waals surface area (Å²) in [6.45, 7) is 0. The third-order valence-electron chi connectivity index (χ3n) is 2.62. The summed E-state index contributed by atoms with van der Waals surface area (Å²) in [7, 11) is 0. The number of urea groups is 1. The van der Waals surface area contributed by atoms with Crippen LogP contribution in [0.3, 0.4) is 0 Å². The van der Waals surface area contributed by atoms with Crippen LogP contribution < -0.4 is 15.4 Å². The molecule has 0 aliphatic rings. The molecule has 0 fully saturated rings. The van der Waals surface area contributed by atoms with E-state index < -0.39 is 29.7 Å². The maximum atomic E-state index is 13.3. The Morgan fingerprint density at radius 2 is 1.75 bits per heavy atom. The molecule has 5 nitrogen and oxygen atoms in total. The van der Waals surface area contributed by atoms with Gasteiger partial charge in [-0.05, 0) is 36.4 Å². The number of carbonyl (C=O) groups is 1. The molecule has 0 heterocycles. The molecule has 24 heavy (non-hydrogen) atoms. The fraction of sp³-hybridized carbons (Fsp3) is 0.0714. The SMILES string of the molecule is O=C(Nc1ccc(OC(F)(F)F)cc1)Nc1cc(Br)cc(F)c1O. The number of anilines is 2. The Morgan fingerprint density at radius 3 is 2.33 bits per heavy atom. The van der Waals surface area contributed by atoms with E-state index in [1.54, 1.807) is 0 Å². The summed E-state index contributed by atoms with van der Waals surface area (Å²) in [5, 5.41) is 14.0. The topological polar surface area (TPSA) is 70.6 Å². The zero-order valence-corrected chi connectivity index (χ0v) is 13.2. The minimum absolute atomic E-state index is 0.164. The first-order chi connectivity index (χ1) is 11.1. The molecule has 0 aliphatic heterocycles. The van der Waals surface area contributed by atoms with Gasteiger partial charge in [-0.25, -0.2) is 9.18 Å². The molecule has 0 aliphatic carbocycles. The maximum Gasteiger partial charge on any atom is 0.573 e. The van der Waals surface area contributed by atoms with Crippen molar-refractivity contribution in [3.8, 4) is 11.5 Å². The second-order valence-corrected chi connectivity index (χ2v) is 5.35. The standard InChI is InChI=1S/C14H9BrF4N2O3/c15-7-5-10(16)12(22)11(6-7)21-13(23)20-8-1-3-9(4-2-8)24-14(17,18)19/h1-6,22H,(H2,20,21,23). The number of carbonyl (C=O) groups excluding carboxylic acids is 1. The van der Waals surface area contributed by atoms with Crippen LogP contribution in [0.25, 0.3) is 0 Å². The van der Waals surface area contributed by atoms with Gasteiger partial charge in [-0.2, -0.15) is 0 Å². The molecule has 0 atom stereocenters. The number of alkyl halides is 3. The number of rotatable bonds is 3. The van der Waals surface area contributed by atoms with Crippen molar-refractivity contribution in [3.63, 3.8) is 0 Å². The second-order valence-electron chi connectivity index (χ2n) is 4.44. The Morgan fingerprint density at radius 1 is 1.12 bits per heavy atom. The molecular weight excluding hydrogens is 400 g/mol. The molecule has 2 aromatic carbocycles. The molecule has 3 N–H and O–H groups in total. The van der Waals surface area contributed by atoms with Crippen molar-refractivity contribution in [3.05, 3.63) is 46.7 Å². The summed E-state index contributed by atoms with van der Waals surface area (Å²) in [5.41, 5.74) is -0.0200. The van der Waals surface area contributed by atoms with Gasteiger partial charge < -0.3 is 20.5 Å². The predicted octanol–water partition coefficient (Wildman–Crippen LogP) is 4.84. The molecule has 0 bridgehead atoms. The van der Waals surface area contributed by atoms with E-state index in [9.17, 15) is 27.5 Å². The van der Waals surface area contributed by atoms with Crippen molar-refractivity contribution < 1.29 is 32.2 Å². The zero-order chi connectivity index (χ0) is 17.9. The number of benzene rings is 2. The molecule has 10 heteroatoms. The summed E-state index contributed by atoms with van der Waals surface area (Å²) < 4.78 is 53.4. The van der Waals surface area contributed by atoms with E-state index in [2.05, 4.69) is 31.3 Å². The number of phenols is 1. The van der Waals surface area contributed by atoms with E-state index >= 15 is 0 Å². The first-order valence-electron chi connectivity index (χ1n) is 6.26. The summed E-state index contributed by atoms with van der Waals surface area (Å²) in [4.78, 5) is 11.8. The van der Waals surface area contributed by atoms with Gasteiger partial charge in [0, 0.05) is 10.2 Å². The lowest BCUT2D eigenvalue weighted by Gasteiger charge is -2.11. The first kappa shape index (κ1) is 17.9. The van der Waals surface area contributed by atoms with Gasteiger partial charge in [-0.1, -0.05) is 15.9 Å². The van der Waals surface area contributed by atoms with Crippen LogP contribution in [0.5, 0.6) is 11.5 Å². The quantitative estimate of drug-likeness (QED) is 0.502. The number of hydrogen-bond acceptors (Lipinski definition) is 3. The first-order valence-corrected chi connectivity index (χ1v) is 7.05. The van der Waals surface area contributed by atoms with Gasteiger partial charge in [-0.15, -0.1) is 13.2 Å². The van der Waals surface area contributed by atoms with Gasteiger partial charge >= 0.3 is 12.4 Å². The van der Waals surface area contributed by atoms with Crippen molar-refractivity contribution in [2.45, 2.75) is 6.36 Å². The molecule has 2 amide bonds. The van der Waals surface area contributed by atoms with Crippen molar-refractivity contribution in [1.29, 1.82) is 0 Å². The summed E-state index contributed by atoms with van der Waals surface area (Å²) >= 11 is 3.01. The smallest absolute Gasteiger partial charge is 0.503 e. The van der Waals surface area contributed by atoms with Crippen LogP contribution in [0.1, 0.15) is 0 Å². The molecular formula is C14H9BrF4N2O3. The second kappa shape index (κ2) is 6.95. The highest BCUT2D eigenvalue weighted by atomic mass is 79.9. The number of ether oxygens (including phenoxy) is 1. The Bertz CT molecular complexity index is 751. The summed E-state index contributed by atoms with van der Waals surface area (Å²) in [5.74, 6) is -2.13. The van der Waals surface area contributed by atoms with Crippen molar-refractivity contribution in [2.24, 2.45) is 0 Å². The van der Waals surface area contributed by atoms with Gasteiger partial charge in [-0.3, -0.25) is 0 Å². The number of amides is 2. The van der Waals surface area contributed by atoms with Crippen LogP contribution in [0.15, 0.2) is 40.9 Å². The molecule has 0 saturated carbocycles. The molecule has 2 aromatic rings. The van der Waals surface area contributed by atoms with Crippen LogP contribution in [0, 0.1) is 5.82 Å². The summed E-state index contributed by atoms with van der Waals surface area (Å²) in [6, 6.07) is 5.85. The Kier molecular flexibility index (Phi) is 5.17. The summed E-state index contributed by atoms with van der Waals surface area (Å²) in [6.07, 6.45) is -4.81. The minimum atomic E-state index is -4.81. The van der Waals surface area contributed by atoms with E-state index in [4.69, 9.17) is 0 Å². The third-order valence-corrected chi connectivity index (χ3v) is 3.08. The number of halogens is 5. The van der Waals surface area contributed by atoms with Gasteiger partial charge in [0.05, 0.1) is 5.69 Å². The monoisotopic (exact) mass is 408 g/mol. The van der Waals surface area contributed by atoms with E-state index in [-0.39, 0.29) is 11.4 Å². The van der Waals surface area contributed by atoms with Gasteiger partial charge in [0.25, 0.3) is 0 Å². The number of aromatic hydroxyl groups is 1. The molecule has 0 unspecified atom stereocenters. The Hall–Kier alpha value is -2.49. The minimum Gasteiger partial charge on any atom is -0.503 e. The normalized spacial score (nSPS) is 11.0. The maximum absolute atomic E-state index is 13.3. The highest BCUT2D eigenvalue weighted by Gasteiger charge is 2.30.